The molecule has 1 heterocycles. The maximum atomic E-state index is 12.2. The summed E-state index contributed by atoms with van der Waals surface area (Å²) < 4.78 is 6.08. The van der Waals surface area contributed by atoms with Crippen LogP contribution in [0.5, 0.6) is 0 Å². The van der Waals surface area contributed by atoms with E-state index >= 15 is 0 Å². The van der Waals surface area contributed by atoms with Gasteiger partial charge in [0.1, 0.15) is 0 Å². The van der Waals surface area contributed by atoms with Gasteiger partial charge in [0.25, 0.3) is 5.91 Å². The van der Waals surface area contributed by atoms with Crippen LogP contribution in [-0.2, 0) is 9.53 Å². The molecule has 1 N–H and O–H groups in total. The van der Waals surface area contributed by atoms with Crippen LogP contribution in [0.25, 0.3) is 10.2 Å². The van der Waals surface area contributed by atoms with E-state index in [1.165, 1.54) is 22.5 Å². The summed E-state index contributed by atoms with van der Waals surface area (Å²) in [4.78, 5) is 28.6. The number of hydrogen-bond acceptors (Lipinski definition) is 5. The van der Waals surface area contributed by atoms with E-state index in [1.807, 2.05) is 36.4 Å². The number of fused-ring (bicyclic) bond motifs is 1. The Bertz CT molecular complexity index is 1120. The standard InChI is InChI=1S/C25H22N2O3S/c28-24(16-30-25(29)20-11-12-22-23(15-20)31-17-27-22)26-14-13-21(18-7-3-1-4-8-18)19-9-5-2-6-10-19/h1-12,15,17,21H,13-14,16H2,(H,26,28). The number of hydrogen-bond donors (Lipinski definition) is 1. The number of nitrogens with zero attached hydrogens (tertiary/aromatic N) is 1. The molecule has 0 atom stereocenters. The van der Waals surface area contributed by atoms with Crippen molar-refractivity contribution in [1.29, 1.82) is 0 Å². The number of ether oxygens (including phenoxy) is 1. The van der Waals surface area contributed by atoms with Gasteiger partial charge >= 0.3 is 5.97 Å². The van der Waals surface area contributed by atoms with Crippen molar-refractivity contribution in [2.45, 2.75) is 12.3 Å². The Morgan fingerprint density at radius 3 is 2.29 bits per heavy atom. The third-order valence-corrected chi connectivity index (χ3v) is 5.85. The summed E-state index contributed by atoms with van der Waals surface area (Å²) in [7, 11) is 0. The highest BCUT2D eigenvalue weighted by Gasteiger charge is 2.15. The Morgan fingerprint density at radius 1 is 0.935 bits per heavy atom. The lowest BCUT2D eigenvalue weighted by molar-refractivity contribution is -0.124. The van der Waals surface area contributed by atoms with Crippen molar-refractivity contribution in [2.75, 3.05) is 13.2 Å². The average Bonchev–Trinajstić information content (AvgIpc) is 3.29. The number of thiazole rings is 1. The summed E-state index contributed by atoms with van der Waals surface area (Å²) in [6.07, 6.45) is 0.746. The fraction of sp³-hybridized carbons (Fsp3) is 0.160. The highest BCUT2D eigenvalue weighted by molar-refractivity contribution is 7.16. The van der Waals surface area contributed by atoms with E-state index in [1.54, 1.807) is 23.7 Å². The van der Waals surface area contributed by atoms with Crippen molar-refractivity contribution in [2.24, 2.45) is 0 Å². The third kappa shape index (κ3) is 5.35. The highest BCUT2D eigenvalue weighted by Crippen LogP contribution is 2.27. The number of nitrogens with one attached hydrogen (secondary N) is 1. The van der Waals surface area contributed by atoms with Gasteiger partial charge in [0.2, 0.25) is 0 Å². The van der Waals surface area contributed by atoms with Crippen molar-refractivity contribution in [3.63, 3.8) is 0 Å². The Kier molecular flexibility index (Phi) is 6.69. The zero-order valence-electron chi connectivity index (χ0n) is 16.9. The fourth-order valence-corrected chi connectivity index (χ4v) is 4.22. The van der Waals surface area contributed by atoms with Crippen LogP contribution in [-0.4, -0.2) is 30.0 Å². The molecule has 5 nitrogen and oxygen atoms in total. The van der Waals surface area contributed by atoms with Gasteiger partial charge in [-0.15, -0.1) is 11.3 Å². The molecule has 1 aromatic heterocycles. The van der Waals surface area contributed by atoms with Gasteiger partial charge in [-0.25, -0.2) is 9.78 Å². The van der Waals surface area contributed by atoms with Crippen LogP contribution in [0, 0.1) is 0 Å². The normalized spacial score (nSPS) is 10.9. The molecule has 4 rings (SSSR count). The van der Waals surface area contributed by atoms with Gasteiger partial charge in [-0.05, 0) is 35.7 Å². The van der Waals surface area contributed by atoms with Crippen molar-refractivity contribution < 1.29 is 14.3 Å². The summed E-state index contributed by atoms with van der Waals surface area (Å²) >= 11 is 1.46. The van der Waals surface area contributed by atoms with Gasteiger partial charge in [0, 0.05) is 12.5 Å². The lowest BCUT2D eigenvalue weighted by atomic mass is 9.88. The summed E-state index contributed by atoms with van der Waals surface area (Å²) in [5.74, 6) is -0.652. The minimum Gasteiger partial charge on any atom is -0.452 e. The topological polar surface area (TPSA) is 68.3 Å². The Hall–Kier alpha value is -3.51. The lowest BCUT2D eigenvalue weighted by Gasteiger charge is -2.18. The molecule has 3 aromatic carbocycles. The second-order valence-electron chi connectivity index (χ2n) is 7.12. The van der Waals surface area contributed by atoms with E-state index in [0.29, 0.717) is 12.1 Å². The van der Waals surface area contributed by atoms with Crippen LogP contribution in [0.2, 0.25) is 0 Å². The molecule has 31 heavy (non-hydrogen) atoms. The summed E-state index contributed by atoms with van der Waals surface area (Å²) in [5.41, 5.74) is 5.38. The molecule has 156 valence electrons. The first-order valence-corrected chi connectivity index (χ1v) is 11.0. The van der Waals surface area contributed by atoms with Crippen LogP contribution in [0.3, 0.4) is 0 Å². The van der Waals surface area contributed by atoms with E-state index in [4.69, 9.17) is 4.74 Å². The molecule has 0 saturated carbocycles. The Balaban J connectivity index is 1.29. The lowest BCUT2D eigenvalue weighted by Crippen LogP contribution is -2.30. The van der Waals surface area contributed by atoms with Crippen LogP contribution < -0.4 is 5.32 Å². The molecule has 0 bridgehead atoms. The van der Waals surface area contributed by atoms with Gasteiger partial charge in [-0.2, -0.15) is 0 Å². The quantitative estimate of drug-likeness (QED) is 0.408. The maximum Gasteiger partial charge on any atom is 0.338 e. The first-order chi connectivity index (χ1) is 15.2. The molecular weight excluding hydrogens is 408 g/mol. The van der Waals surface area contributed by atoms with Gasteiger partial charge in [-0.3, -0.25) is 4.79 Å². The zero-order chi connectivity index (χ0) is 21.5. The molecule has 0 aliphatic heterocycles. The van der Waals surface area contributed by atoms with Crippen molar-refractivity contribution >= 4 is 33.4 Å². The number of esters is 1. The Morgan fingerprint density at radius 2 is 1.61 bits per heavy atom. The maximum absolute atomic E-state index is 12.2. The highest BCUT2D eigenvalue weighted by atomic mass is 32.1. The summed E-state index contributed by atoms with van der Waals surface area (Å²) in [5, 5.41) is 2.86. The first-order valence-electron chi connectivity index (χ1n) is 10.1. The van der Waals surface area contributed by atoms with E-state index < -0.39 is 5.97 Å². The molecule has 0 aliphatic rings. The number of aromatic nitrogens is 1. The minimum atomic E-state index is -0.517. The molecular formula is C25H22N2O3S. The monoisotopic (exact) mass is 430 g/mol. The summed E-state index contributed by atoms with van der Waals surface area (Å²) in [6, 6.07) is 25.6. The second-order valence-corrected chi connectivity index (χ2v) is 8.01. The average molecular weight is 431 g/mol. The molecule has 0 radical (unpaired) electrons. The summed E-state index contributed by atoms with van der Waals surface area (Å²) in [6.45, 7) is 0.179. The van der Waals surface area contributed by atoms with Crippen molar-refractivity contribution in [3.05, 3.63) is 101 Å². The number of carbonyl (C=O) groups excluding carboxylic acids is 2. The number of benzene rings is 3. The Labute approximate surface area is 184 Å². The smallest absolute Gasteiger partial charge is 0.338 e. The number of amides is 1. The van der Waals surface area contributed by atoms with E-state index in [9.17, 15) is 9.59 Å². The molecule has 4 aromatic rings. The van der Waals surface area contributed by atoms with Gasteiger partial charge in [-0.1, -0.05) is 60.7 Å². The molecule has 0 aliphatic carbocycles. The van der Waals surface area contributed by atoms with E-state index in [-0.39, 0.29) is 18.4 Å². The van der Waals surface area contributed by atoms with Gasteiger partial charge in [0.05, 0.1) is 21.3 Å². The first kappa shape index (κ1) is 20.8. The fourth-order valence-electron chi connectivity index (χ4n) is 3.50. The van der Waals surface area contributed by atoms with E-state index in [2.05, 4.69) is 34.6 Å². The molecule has 0 fully saturated rings. The van der Waals surface area contributed by atoms with Crippen LogP contribution in [0.4, 0.5) is 0 Å². The predicted octanol–water partition coefficient (Wildman–Crippen LogP) is 4.79. The van der Waals surface area contributed by atoms with Gasteiger partial charge < -0.3 is 10.1 Å². The molecule has 0 spiro atoms. The number of rotatable bonds is 8. The van der Waals surface area contributed by atoms with Crippen LogP contribution >= 0.6 is 11.3 Å². The molecule has 0 unspecified atom stereocenters. The third-order valence-electron chi connectivity index (χ3n) is 5.06. The van der Waals surface area contributed by atoms with E-state index in [0.717, 1.165) is 16.6 Å². The predicted molar refractivity (Wildman–Crippen MR) is 122 cm³/mol. The minimum absolute atomic E-state index is 0.177. The zero-order valence-corrected chi connectivity index (χ0v) is 17.7. The second kappa shape index (κ2) is 10.00. The molecule has 0 saturated heterocycles. The number of carbonyl (C=O) groups is 2. The molecule has 6 heteroatoms. The largest absolute Gasteiger partial charge is 0.452 e. The van der Waals surface area contributed by atoms with Crippen LogP contribution in [0.15, 0.2) is 84.4 Å². The van der Waals surface area contributed by atoms with Crippen molar-refractivity contribution in [3.8, 4) is 0 Å². The van der Waals surface area contributed by atoms with Crippen LogP contribution in [0.1, 0.15) is 33.8 Å². The van der Waals surface area contributed by atoms with Gasteiger partial charge in [0.15, 0.2) is 6.61 Å². The van der Waals surface area contributed by atoms with Crippen molar-refractivity contribution in [1.82, 2.24) is 10.3 Å². The SMILES string of the molecule is O=C(COC(=O)c1ccc2ncsc2c1)NCCC(c1ccccc1)c1ccccc1. The molecule has 1 amide bonds.